The number of rotatable bonds is 3. The maximum atomic E-state index is 10.1. The van der Waals surface area contributed by atoms with Crippen LogP contribution in [0.5, 0.6) is 0 Å². The molecule has 1 aromatic heterocycles. The predicted octanol–water partition coefficient (Wildman–Crippen LogP) is 2.49. The Morgan fingerprint density at radius 2 is 1.95 bits per heavy atom. The largest absolute Gasteiger partial charge is 0.390 e. The second kappa shape index (κ2) is 5.67. The van der Waals surface area contributed by atoms with Crippen molar-refractivity contribution in [1.82, 2.24) is 9.97 Å². The third-order valence-corrected chi connectivity index (χ3v) is 4.37. The molecule has 106 valence electrons. The van der Waals surface area contributed by atoms with Crippen molar-refractivity contribution in [3.8, 4) is 0 Å². The standard InChI is InChI=1S/C14H23N3OS/c1-10-9-12(16-13(15-10)19-4)17-7-5-11(6-8-17)14(2,3)18/h9,11,18H,5-8H2,1-4H3. The van der Waals surface area contributed by atoms with E-state index >= 15 is 0 Å². The van der Waals surface area contributed by atoms with E-state index in [0.29, 0.717) is 5.92 Å². The van der Waals surface area contributed by atoms with Crippen LogP contribution in [0.1, 0.15) is 32.4 Å². The van der Waals surface area contributed by atoms with Gasteiger partial charge in [-0.2, -0.15) is 0 Å². The monoisotopic (exact) mass is 281 g/mol. The van der Waals surface area contributed by atoms with Crippen molar-refractivity contribution in [2.75, 3.05) is 24.2 Å². The minimum absolute atomic E-state index is 0.381. The fourth-order valence-electron chi connectivity index (χ4n) is 2.59. The number of thioether (sulfide) groups is 1. The van der Waals surface area contributed by atoms with Crippen LogP contribution in [0.4, 0.5) is 5.82 Å². The first-order valence-electron chi connectivity index (χ1n) is 6.77. The summed E-state index contributed by atoms with van der Waals surface area (Å²) in [6, 6.07) is 2.05. The van der Waals surface area contributed by atoms with Crippen molar-refractivity contribution < 1.29 is 5.11 Å². The molecule has 0 atom stereocenters. The number of aryl methyl sites for hydroxylation is 1. The Morgan fingerprint density at radius 3 is 2.47 bits per heavy atom. The van der Waals surface area contributed by atoms with Gasteiger partial charge >= 0.3 is 0 Å². The molecule has 0 bridgehead atoms. The number of piperidine rings is 1. The maximum absolute atomic E-state index is 10.1. The average molecular weight is 281 g/mol. The first-order valence-corrected chi connectivity index (χ1v) is 7.99. The van der Waals surface area contributed by atoms with Crippen LogP contribution < -0.4 is 4.90 Å². The van der Waals surface area contributed by atoms with E-state index in [4.69, 9.17) is 0 Å². The van der Waals surface area contributed by atoms with Crippen LogP contribution in [0.15, 0.2) is 11.2 Å². The highest BCUT2D eigenvalue weighted by Gasteiger charge is 2.30. The lowest BCUT2D eigenvalue weighted by Gasteiger charge is -2.38. The summed E-state index contributed by atoms with van der Waals surface area (Å²) in [5, 5.41) is 10.9. The van der Waals surface area contributed by atoms with Gasteiger partial charge in [0.1, 0.15) is 5.82 Å². The van der Waals surface area contributed by atoms with Crippen molar-refractivity contribution in [2.24, 2.45) is 5.92 Å². The molecular weight excluding hydrogens is 258 g/mol. The molecule has 0 saturated carbocycles. The minimum Gasteiger partial charge on any atom is -0.390 e. The summed E-state index contributed by atoms with van der Waals surface area (Å²) in [5.74, 6) is 1.40. The molecule has 4 nitrogen and oxygen atoms in total. The number of nitrogens with zero attached hydrogens (tertiary/aromatic N) is 3. The summed E-state index contributed by atoms with van der Waals surface area (Å²) in [6.45, 7) is 7.74. The minimum atomic E-state index is -0.571. The summed E-state index contributed by atoms with van der Waals surface area (Å²) in [7, 11) is 0. The number of aromatic nitrogens is 2. The molecule has 2 rings (SSSR count). The first kappa shape index (κ1) is 14.6. The fraction of sp³-hybridized carbons (Fsp3) is 0.714. The molecular formula is C14H23N3OS. The van der Waals surface area contributed by atoms with Gasteiger partial charge in [0, 0.05) is 24.8 Å². The summed E-state index contributed by atoms with van der Waals surface area (Å²) in [5.41, 5.74) is 0.442. The molecule has 1 aliphatic rings. The smallest absolute Gasteiger partial charge is 0.189 e. The highest BCUT2D eigenvalue weighted by molar-refractivity contribution is 7.98. The highest BCUT2D eigenvalue weighted by atomic mass is 32.2. The molecule has 0 unspecified atom stereocenters. The molecule has 0 aliphatic carbocycles. The molecule has 1 fully saturated rings. The topological polar surface area (TPSA) is 49.2 Å². The lowest BCUT2D eigenvalue weighted by Crippen LogP contribution is -2.42. The van der Waals surface area contributed by atoms with Crippen LogP contribution in [0.2, 0.25) is 0 Å². The molecule has 1 saturated heterocycles. The van der Waals surface area contributed by atoms with Crippen molar-refractivity contribution in [3.05, 3.63) is 11.8 Å². The molecule has 0 radical (unpaired) electrons. The molecule has 5 heteroatoms. The van der Waals surface area contributed by atoms with Crippen molar-refractivity contribution in [2.45, 2.75) is 44.4 Å². The molecule has 0 amide bonds. The summed E-state index contributed by atoms with van der Waals surface area (Å²) < 4.78 is 0. The number of hydrogen-bond acceptors (Lipinski definition) is 5. The Labute approximate surface area is 119 Å². The number of anilines is 1. The lowest BCUT2D eigenvalue weighted by molar-refractivity contribution is 0.00645. The van der Waals surface area contributed by atoms with Gasteiger partial charge in [-0.15, -0.1) is 0 Å². The van der Waals surface area contributed by atoms with E-state index in [-0.39, 0.29) is 0 Å². The molecule has 1 N–H and O–H groups in total. The SMILES string of the molecule is CSc1nc(C)cc(N2CCC(C(C)(C)O)CC2)n1. The van der Waals surface area contributed by atoms with E-state index in [1.807, 2.05) is 33.1 Å². The Hall–Kier alpha value is -0.810. The summed E-state index contributed by atoms with van der Waals surface area (Å²) in [4.78, 5) is 11.3. The third kappa shape index (κ3) is 3.60. The van der Waals surface area contributed by atoms with Gasteiger partial charge in [-0.25, -0.2) is 9.97 Å². The van der Waals surface area contributed by atoms with E-state index in [0.717, 1.165) is 42.6 Å². The van der Waals surface area contributed by atoms with Crippen LogP contribution in [0, 0.1) is 12.8 Å². The van der Waals surface area contributed by atoms with Crippen molar-refractivity contribution in [3.63, 3.8) is 0 Å². The van der Waals surface area contributed by atoms with Crippen molar-refractivity contribution >= 4 is 17.6 Å². The maximum Gasteiger partial charge on any atom is 0.189 e. The quantitative estimate of drug-likeness (QED) is 0.681. The lowest BCUT2D eigenvalue weighted by atomic mass is 9.83. The van der Waals surface area contributed by atoms with Crippen molar-refractivity contribution in [1.29, 1.82) is 0 Å². The van der Waals surface area contributed by atoms with Crippen LogP contribution >= 0.6 is 11.8 Å². The third-order valence-electron chi connectivity index (χ3n) is 3.82. The van der Waals surface area contributed by atoms with Gasteiger partial charge in [-0.05, 0) is 45.8 Å². The zero-order valence-electron chi connectivity index (χ0n) is 12.2. The van der Waals surface area contributed by atoms with Crippen LogP contribution in [0.25, 0.3) is 0 Å². The van der Waals surface area contributed by atoms with Gasteiger partial charge in [0.15, 0.2) is 5.16 Å². The van der Waals surface area contributed by atoms with Crippen LogP contribution in [-0.4, -0.2) is 40.0 Å². The first-order chi connectivity index (χ1) is 8.90. The van der Waals surface area contributed by atoms with Crippen LogP contribution in [0.3, 0.4) is 0 Å². The fourth-order valence-corrected chi connectivity index (χ4v) is 3.01. The average Bonchev–Trinajstić information content (AvgIpc) is 2.37. The number of aliphatic hydroxyl groups is 1. The van der Waals surface area contributed by atoms with Crippen LogP contribution in [-0.2, 0) is 0 Å². The van der Waals surface area contributed by atoms with E-state index in [1.54, 1.807) is 11.8 Å². The van der Waals surface area contributed by atoms with Gasteiger partial charge in [-0.3, -0.25) is 0 Å². The van der Waals surface area contributed by atoms with E-state index in [2.05, 4.69) is 14.9 Å². The molecule has 19 heavy (non-hydrogen) atoms. The highest BCUT2D eigenvalue weighted by Crippen LogP contribution is 2.30. The van der Waals surface area contributed by atoms with Gasteiger partial charge in [0.25, 0.3) is 0 Å². The summed E-state index contributed by atoms with van der Waals surface area (Å²) in [6.07, 6.45) is 4.03. The Bertz CT molecular complexity index is 437. The predicted molar refractivity (Wildman–Crippen MR) is 79.8 cm³/mol. The van der Waals surface area contributed by atoms with Gasteiger partial charge in [0.2, 0.25) is 0 Å². The van der Waals surface area contributed by atoms with Gasteiger partial charge in [-0.1, -0.05) is 11.8 Å². The zero-order valence-corrected chi connectivity index (χ0v) is 13.0. The van der Waals surface area contributed by atoms with E-state index < -0.39 is 5.60 Å². The summed E-state index contributed by atoms with van der Waals surface area (Å²) >= 11 is 1.58. The Balaban J connectivity index is 2.07. The molecule has 0 aromatic carbocycles. The second-order valence-corrected chi connectivity index (χ2v) is 6.54. The van der Waals surface area contributed by atoms with Gasteiger partial charge in [0.05, 0.1) is 5.60 Å². The Kier molecular flexibility index (Phi) is 4.36. The zero-order chi connectivity index (χ0) is 14.0. The Morgan fingerprint density at radius 1 is 1.32 bits per heavy atom. The van der Waals surface area contributed by atoms with E-state index in [9.17, 15) is 5.11 Å². The van der Waals surface area contributed by atoms with E-state index in [1.165, 1.54) is 0 Å². The second-order valence-electron chi connectivity index (χ2n) is 5.77. The number of hydrogen-bond donors (Lipinski definition) is 1. The molecule has 1 aliphatic heterocycles. The normalized spacial score (nSPS) is 17.8. The molecule has 2 heterocycles. The molecule has 1 aromatic rings. The van der Waals surface area contributed by atoms with Gasteiger partial charge < -0.3 is 10.0 Å². The molecule has 0 spiro atoms.